The Morgan fingerprint density at radius 2 is 1.35 bits per heavy atom. The minimum absolute atomic E-state index is 0.0216. The molecule has 2 saturated carbocycles. The van der Waals surface area contributed by atoms with Crippen LogP contribution in [0.4, 0.5) is 4.79 Å². The molecule has 2 aliphatic carbocycles. The maximum atomic E-state index is 13.1. The molecule has 0 aliphatic heterocycles. The number of carboxylic acids is 1. The fourth-order valence-corrected chi connectivity index (χ4v) is 6.00. The largest absolute Gasteiger partial charge is 0.497 e. The average Bonchev–Trinajstić information content (AvgIpc) is 4.10. The van der Waals surface area contributed by atoms with Crippen LogP contribution in [0.15, 0.2) is 108 Å². The Kier molecular flexibility index (Phi) is 10.8. The second kappa shape index (κ2) is 15.6. The highest BCUT2D eigenvalue weighted by Crippen LogP contribution is 2.51. The number of hydrogen-bond donors (Lipinski definition) is 2. The summed E-state index contributed by atoms with van der Waals surface area (Å²) >= 11 is 0. The first kappa shape index (κ1) is 36.0. The average molecular weight is 706 g/mol. The van der Waals surface area contributed by atoms with E-state index in [1.807, 2.05) is 85.8 Å². The van der Waals surface area contributed by atoms with E-state index in [0.29, 0.717) is 49.0 Å². The van der Waals surface area contributed by atoms with E-state index in [4.69, 9.17) is 29.1 Å². The second-order valence-electron chi connectivity index (χ2n) is 13.0. The predicted molar refractivity (Wildman–Crippen MR) is 195 cm³/mol. The van der Waals surface area contributed by atoms with Crippen molar-refractivity contribution in [3.05, 3.63) is 126 Å². The fourth-order valence-electron chi connectivity index (χ4n) is 6.00. The molecule has 11 nitrogen and oxygen atoms in total. The van der Waals surface area contributed by atoms with Gasteiger partial charge < -0.3 is 34.2 Å². The van der Waals surface area contributed by atoms with Gasteiger partial charge >= 0.3 is 12.1 Å². The van der Waals surface area contributed by atoms with Gasteiger partial charge in [-0.1, -0.05) is 42.5 Å². The molecular weight excluding hydrogens is 662 g/mol. The standard InChI is InChI=1S/C31H30N2O7.C10H13NO/c1-21-27(32-29(39-21)22-6-4-3-5-7-22)16-19-38-25-10-8-23(9-11-25)31(17-18-31)33(20-28(34)35)30(36)40-26-14-12-24(37-2)13-15-26;1-12-9-4-2-8(3-5-9)10(11)6-7-10/h3-15H,16-20H2,1-2H3,(H,34,35);2-5H,6-7,11H2,1H3. The van der Waals surface area contributed by atoms with Crippen LogP contribution in [0.2, 0.25) is 0 Å². The number of carbonyl (C=O) groups excluding carboxylic acids is 1. The summed E-state index contributed by atoms with van der Waals surface area (Å²) < 4.78 is 27.5. The van der Waals surface area contributed by atoms with Gasteiger partial charge in [-0.25, -0.2) is 9.78 Å². The zero-order chi connectivity index (χ0) is 36.7. The van der Waals surface area contributed by atoms with Gasteiger partial charge in [0.1, 0.15) is 35.3 Å². The smallest absolute Gasteiger partial charge is 0.416 e. The Morgan fingerprint density at radius 3 is 1.90 bits per heavy atom. The van der Waals surface area contributed by atoms with Crippen LogP contribution in [-0.4, -0.2) is 54.4 Å². The maximum Gasteiger partial charge on any atom is 0.416 e. The lowest BCUT2D eigenvalue weighted by Gasteiger charge is -2.30. The Labute approximate surface area is 302 Å². The first-order valence-electron chi connectivity index (χ1n) is 17.2. The monoisotopic (exact) mass is 705 g/mol. The lowest BCUT2D eigenvalue weighted by molar-refractivity contribution is -0.138. The summed E-state index contributed by atoms with van der Waals surface area (Å²) in [7, 11) is 3.21. The van der Waals surface area contributed by atoms with Crippen LogP contribution in [0.1, 0.15) is 48.3 Å². The number of rotatable bonds is 13. The highest BCUT2D eigenvalue weighted by atomic mass is 16.6. The predicted octanol–water partition coefficient (Wildman–Crippen LogP) is 7.50. The quantitative estimate of drug-likeness (QED) is 0.126. The Morgan fingerprint density at radius 1 is 0.788 bits per heavy atom. The third kappa shape index (κ3) is 8.55. The van der Waals surface area contributed by atoms with Gasteiger partial charge in [0.05, 0.1) is 32.1 Å². The van der Waals surface area contributed by atoms with Crippen LogP contribution in [0.5, 0.6) is 23.0 Å². The van der Waals surface area contributed by atoms with Crippen molar-refractivity contribution in [2.24, 2.45) is 5.73 Å². The number of carbonyl (C=O) groups is 2. The summed E-state index contributed by atoms with van der Waals surface area (Å²) in [5, 5.41) is 9.53. The minimum atomic E-state index is -1.11. The van der Waals surface area contributed by atoms with E-state index in [-0.39, 0.29) is 5.54 Å². The molecule has 4 aromatic carbocycles. The van der Waals surface area contributed by atoms with Crippen molar-refractivity contribution in [2.45, 2.75) is 50.1 Å². The van der Waals surface area contributed by atoms with E-state index < -0.39 is 24.1 Å². The van der Waals surface area contributed by atoms with Gasteiger partial charge in [0.2, 0.25) is 5.89 Å². The van der Waals surface area contributed by atoms with Crippen LogP contribution in [-0.2, 0) is 22.3 Å². The molecule has 5 aromatic rings. The summed E-state index contributed by atoms with van der Waals surface area (Å²) in [6.45, 7) is 1.82. The van der Waals surface area contributed by atoms with Gasteiger partial charge in [0, 0.05) is 17.5 Å². The number of aryl methyl sites for hydroxylation is 1. The van der Waals surface area contributed by atoms with Gasteiger partial charge in [-0.15, -0.1) is 0 Å². The van der Waals surface area contributed by atoms with Gasteiger partial charge in [-0.05, 0) is 104 Å². The Bertz CT molecular complexity index is 1950. The summed E-state index contributed by atoms with van der Waals surface area (Å²) in [5.74, 6) is 2.71. The molecule has 1 amide bonds. The molecule has 0 unspecified atom stereocenters. The molecular formula is C41H43N3O8. The van der Waals surface area contributed by atoms with Crippen molar-refractivity contribution < 1.29 is 38.1 Å². The number of aromatic nitrogens is 1. The third-order valence-corrected chi connectivity index (χ3v) is 9.38. The first-order chi connectivity index (χ1) is 25.1. The number of aliphatic carboxylic acids is 1. The molecule has 2 fully saturated rings. The summed E-state index contributed by atoms with van der Waals surface area (Å²) in [5.41, 5.74) is 9.07. The highest BCUT2D eigenvalue weighted by Gasteiger charge is 2.53. The van der Waals surface area contributed by atoms with Crippen molar-refractivity contribution in [3.63, 3.8) is 0 Å². The molecule has 3 N–H and O–H groups in total. The number of hydrogen-bond acceptors (Lipinski definition) is 9. The van der Waals surface area contributed by atoms with Crippen LogP contribution < -0.4 is 24.7 Å². The van der Waals surface area contributed by atoms with Gasteiger partial charge in [-0.2, -0.15) is 0 Å². The van der Waals surface area contributed by atoms with Crippen molar-refractivity contribution in [2.75, 3.05) is 27.4 Å². The number of methoxy groups -OCH3 is 2. The molecule has 0 atom stereocenters. The molecule has 1 aromatic heterocycles. The van der Waals surface area contributed by atoms with Crippen LogP contribution in [0.3, 0.4) is 0 Å². The van der Waals surface area contributed by atoms with Crippen molar-refractivity contribution in [1.82, 2.24) is 9.88 Å². The molecule has 52 heavy (non-hydrogen) atoms. The third-order valence-electron chi connectivity index (χ3n) is 9.38. The summed E-state index contributed by atoms with van der Waals surface area (Å²) in [4.78, 5) is 30.6. The van der Waals surface area contributed by atoms with E-state index in [2.05, 4.69) is 4.98 Å². The van der Waals surface area contributed by atoms with E-state index in [9.17, 15) is 14.7 Å². The van der Waals surface area contributed by atoms with Gasteiger partial charge in [0.25, 0.3) is 0 Å². The zero-order valence-corrected chi connectivity index (χ0v) is 29.5. The number of oxazole rings is 1. The van der Waals surface area contributed by atoms with E-state index in [0.717, 1.165) is 41.2 Å². The number of carboxylic acid groups (broad SMARTS) is 1. The highest BCUT2D eigenvalue weighted by molar-refractivity contribution is 5.79. The lowest BCUT2D eigenvalue weighted by atomic mass is 10.0. The molecule has 1 heterocycles. The molecule has 0 bridgehead atoms. The molecule has 11 heteroatoms. The van der Waals surface area contributed by atoms with Gasteiger partial charge in [0.15, 0.2) is 0 Å². The fraction of sp³-hybridized carbons (Fsp3) is 0.293. The molecule has 0 saturated heterocycles. The van der Waals surface area contributed by atoms with Crippen molar-refractivity contribution in [3.8, 4) is 34.5 Å². The van der Waals surface area contributed by atoms with Crippen LogP contribution in [0, 0.1) is 6.92 Å². The first-order valence-corrected chi connectivity index (χ1v) is 17.2. The SMILES string of the molecule is COc1ccc(C2(N)CC2)cc1.COc1ccc(OC(=O)N(CC(=O)O)C2(c3ccc(OCCc4nc(-c5ccccc5)oc4C)cc3)CC2)cc1. The van der Waals surface area contributed by atoms with E-state index in [1.165, 1.54) is 10.5 Å². The van der Waals surface area contributed by atoms with Crippen molar-refractivity contribution in [1.29, 1.82) is 0 Å². The molecule has 7 rings (SSSR count). The maximum absolute atomic E-state index is 13.1. The molecule has 2 aliphatic rings. The van der Waals surface area contributed by atoms with E-state index in [1.54, 1.807) is 38.5 Å². The second-order valence-corrected chi connectivity index (χ2v) is 13.0. The Hall–Kier alpha value is -5.81. The topological polar surface area (TPSA) is 147 Å². The lowest BCUT2D eigenvalue weighted by Crippen LogP contribution is -2.45. The summed E-state index contributed by atoms with van der Waals surface area (Å²) in [6.07, 6.45) is 3.35. The number of nitrogens with two attached hydrogens (primary N) is 1. The number of amides is 1. The van der Waals surface area contributed by atoms with Crippen molar-refractivity contribution >= 4 is 12.1 Å². The number of nitrogens with zero attached hydrogens (tertiary/aromatic N) is 2. The van der Waals surface area contributed by atoms with Crippen LogP contribution >= 0.6 is 0 Å². The molecule has 0 spiro atoms. The minimum Gasteiger partial charge on any atom is -0.497 e. The van der Waals surface area contributed by atoms with Gasteiger partial charge in [-0.3, -0.25) is 9.69 Å². The summed E-state index contributed by atoms with van der Waals surface area (Å²) in [6, 6.07) is 31.7. The number of ether oxygens (including phenoxy) is 4. The van der Waals surface area contributed by atoms with E-state index >= 15 is 0 Å². The number of benzene rings is 4. The normalized spacial score (nSPS) is 14.6. The zero-order valence-electron chi connectivity index (χ0n) is 29.5. The van der Waals surface area contributed by atoms with Crippen LogP contribution in [0.25, 0.3) is 11.5 Å². The molecule has 0 radical (unpaired) electrons. The molecule has 270 valence electrons. The Balaban J connectivity index is 0.000000325.